The van der Waals surface area contributed by atoms with Crippen LogP contribution in [0.25, 0.3) is 0 Å². The average molecular weight is 508 g/mol. The maximum atomic E-state index is 13.1. The quantitative estimate of drug-likeness (QED) is 0.271. The molecule has 0 saturated carbocycles. The van der Waals surface area contributed by atoms with Crippen molar-refractivity contribution in [2.45, 2.75) is 27.2 Å². The van der Waals surface area contributed by atoms with Crippen LogP contribution in [0.3, 0.4) is 0 Å². The van der Waals surface area contributed by atoms with Crippen LogP contribution in [0.2, 0.25) is 0 Å². The van der Waals surface area contributed by atoms with E-state index in [1.54, 1.807) is 17.9 Å². The Labute approximate surface area is 216 Å². The Hall–Kier alpha value is -3.10. The summed E-state index contributed by atoms with van der Waals surface area (Å²) in [6, 6.07) is 15.7. The Kier molecular flexibility index (Phi) is 7.93. The molecular weight excluding hydrogens is 478 g/mol. The molecule has 1 amide bonds. The number of allylic oxidation sites excluding steroid dienone is 2. The van der Waals surface area contributed by atoms with E-state index in [9.17, 15) is 9.59 Å². The zero-order valence-electron chi connectivity index (χ0n) is 20.2. The van der Waals surface area contributed by atoms with Gasteiger partial charge in [0.25, 0.3) is 5.91 Å². The van der Waals surface area contributed by atoms with E-state index in [1.807, 2.05) is 42.5 Å². The lowest BCUT2D eigenvalue weighted by molar-refractivity contribution is -0.122. The zero-order chi connectivity index (χ0) is 24.9. The fourth-order valence-corrected chi connectivity index (χ4v) is 5.54. The van der Waals surface area contributed by atoms with Crippen LogP contribution in [-0.2, 0) is 16.0 Å². The lowest BCUT2D eigenvalue weighted by Crippen LogP contribution is -2.30. The predicted octanol–water partition coefficient (Wildman–Crippen LogP) is 5.36. The van der Waals surface area contributed by atoms with Crippen LogP contribution in [-0.4, -0.2) is 47.3 Å². The summed E-state index contributed by atoms with van der Waals surface area (Å²) in [5.41, 5.74) is 3.68. The van der Waals surface area contributed by atoms with Gasteiger partial charge in [-0.25, -0.2) is 4.79 Å². The van der Waals surface area contributed by atoms with E-state index >= 15 is 0 Å². The molecule has 0 atom stereocenters. The molecule has 0 aliphatic carbocycles. The molecule has 2 heterocycles. The van der Waals surface area contributed by atoms with Gasteiger partial charge in [-0.05, 0) is 63.1 Å². The molecule has 1 saturated heterocycles. The maximum absolute atomic E-state index is 13.1. The maximum Gasteiger partial charge on any atom is 0.338 e. The Morgan fingerprint density at radius 3 is 2.37 bits per heavy atom. The molecule has 2 aliphatic rings. The highest BCUT2D eigenvalue weighted by atomic mass is 32.2. The van der Waals surface area contributed by atoms with Gasteiger partial charge in [0.2, 0.25) is 0 Å². The molecule has 0 bridgehead atoms. The highest BCUT2D eigenvalue weighted by Crippen LogP contribution is 2.42. The fraction of sp³-hybridized carbons (Fsp3) is 0.296. The molecule has 2 aromatic carbocycles. The van der Waals surface area contributed by atoms with Gasteiger partial charge in [-0.1, -0.05) is 54.3 Å². The van der Waals surface area contributed by atoms with Crippen molar-refractivity contribution in [2.75, 3.05) is 36.0 Å². The van der Waals surface area contributed by atoms with Gasteiger partial charge in [-0.15, -0.1) is 0 Å². The first-order valence-electron chi connectivity index (χ1n) is 11.8. The second-order valence-electron chi connectivity index (χ2n) is 8.03. The lowest BCUT2D eigenvalue weighted by Gasteiger charge is -2.23. The number of nitrogens with zero attached hydrogens (tertiary/aromatic N) is 3. The molecule has 1 fully saturated rings. The minimum absolute atomic E-state index is 0.0565. The topological polar surface area (TPSA) is 53.1 Å². The Bertz CT molecular complexity index is 1190. The summed E-state index contributed by atoms with van der Waals surface area (Å²) < 4.78 is 5.77. The van der Waals surface area contributed by atoms with Crippen molar-refractivity contribution in [3.8, 4) is 0 Å². The number of thioether (sulfide) groups is 1. The number of hydrogen-bond donors (Lipinski definition) is 0. The van der Waals surface area contributed by atoms with E-state index in [0.717, 1.165) is 30.2 Å². The van der Waals surface area contributed by atoms with Crippen molar-refractivity contribution < 1.29 is 14.3 Å². The molecule has 0 unspecified atom stereocenters. The number of rotatable bonds is 8. The number of amides is 1. The van der Waals surface area contributed by atoms with Crippen molar-refractivity contribution in [2.24, 2.45) is 0 Å². The van der Waals surface area contributed by atoms with Gasteiger partial charge in [0.1, 0.15) is 10.1 Å². The van der Waals surface area contributed by atoms with Gasteiger partial charge < -0.3 is 14.5 Å². The predicted molar refractivity (Wildman–Crippen MR) is 147 cm³/mol. The first-order chi connectivity index (χ1) is 17.0. The summed E-state index contributed by atoms with van der Waals surface area (Å²) in [4.78, 5) is 32.0. The smallest absolute Gasteiger partial charge is 0.338 e. The van der Waals surface area contributed by atoms with Crippen LogP contribution in [0.15, 0.2) is 71.4 Å². The summed E-state index contributed by atoms with van der Waals surface area (Å²) >= 11 is 6.85. The molecule has 182 valence electrons. The number of benzene rings is 2. The molecule has 2 aliphatic heterocycles. The number of fused-ring (bicyclic) bond motifs is 1. The van der Waals surface area contributed by atoms with Crippen LogP contribution in [0, 0.1) is 0 Å². The van der Waals surface area contributed by atoms with Gasteiger partial charge in [0.05, 0.1) is 28.5 Å². The third kappa shape index (κ3) is 5.13. The van der Waals surface area contributed by atoms with Crippen LogP contribution in [0.4, 0.5) is 11.4 Å². The monoisotopic (exact) mass is 507 g/mol. The lowest BCUT2D eigenvalue weighted by atomic mass is 10.1. The summed E-state index contributed by atoms with van der Waals surface area (Å²) in [6.07, 6.45) is 4.59. The van der Waals surface area contributed by atoms with Crippen LogP contribution >= 0.6 is 24.0 Å². The van der Waals surface area contributed by atoms with E-state index in [4.69, 9.17) is 17.0 Å². The van der Waals surface area contributed by atoms with Gasteiger partial charge in [0.15, 0.2) is 0 Å². The summed E-state index contributed by atoms with van der Waals surface area (Å²) in [5.74, 6) is 0.575. The molecule has 4 rings (SSSR count). The molecule has 35 heavy (non-hydrogen) atoms. The molecule has 2 aromatic rings. The van der Waals surface area contributed by atoms with Gasteiger partial charge in [-0.2, -0.15) is 0 Å². The molecule has 0 radical (unpaired) electrons. The van der Waals surface area contributed by atoms with Crippen molar-refractivity contribution >= 4 is 51.6 Å². The van der Waals surface area contributed by atoms with E-state index in [1.165, 1.54) is 17.3 Å². The number of ether oxygens (including phenoxy) is 1. The third-order valence-electron chi connectivity index (χ3n) is 5.98. The summed E-state index contributed by atoms with van der Waals surface area (Å²) in [7, 11) is 0. The number of hydrogen-bond acceptors (Lipinski definition) is 7. The second-order valence-corrected chi connectivity index (χ2v) is 9.70. The van der Waals surface area contributed by atoms with Gasteiger partial charge >= 0.3 is 5.97 Å². The SMILES string of the molecule is CCOC(=O)c1ccc2c(c1)N(CC)/C(=C/C=C1/SC(=S)N(CCc3ccccc3)C1=O)N2CC. The third-order valence-corrected chi connectivity index (χ3v) is 7.37. The normalized spacial score (nSPS) is 17.6. The number of carbonyl (C=O) groups excluding carboxylic acids is 2. The van der Waals surface area contributed by atoms with Crippen molar-refractivity contribution in [1.29, 1.82) is 0 Å². The van der Waals surface area contributed by atoms with Crippen LogP contribution < -0.4 is 9.80 Å². The Balaban J connectivity index is 1.56. The first-order valence-corrected chi connectivity index (χ1v) is 13.1. The largest absolute Gasteiger partial charge is 0.462 e. The molecule has 0 N–H and O–H groups in total. The second kappa shape index (κ2) is 11.1. The Morgan fingerprint density at radius 2 is 1.69 bits per heavy atom. The van der Waals surface area contributed by atoms with Crippen LogP contribution in [0.5, 0.6) is 0 Å². The van der Waals surface area contributed by atoms with Crippen molar-refractivity contribution in [3.63, 3.8) is 0 Å². The van der Waals surface area contributed by atoms with Crippen molar-refractivity contribution in [1.82, 2.24) is 4.90 Å². The van der Waals surface area contributed by atoms with Gasteiger partial charge in [-0.3, -0.25) is 9.69 Å². The minimum atomic E-state index is -0.328. The number of anilines is 2. The minimum Gasteiger partial charge on any atom is -0.462 e. The molecule has 6 nitrogen and oxygen atoms in total. The van der Waals surface area contributed by atoms with Gasteiger partial charge in [0, 0.05) is 19.6 Å². The number of thiocarbonyl (C=S) groups is 1. The van der Waals surface area contributed by atoms with E-state index in [0.29, 0.717) is 34.5 Å². The van der Waals surface area contributed by atoms with E-state index in [2.05, 4.69) is 35.8 Å². The zero-order valence-corrected chi connectivity index (χ0v) is 21.8. The van der Waals surface area contributed by atoms with E-state index < -0.39 is 0 Å². The standard InChI is InChI=1S/C27H29N3O3S2/c1-4-28-21-13-12-20(26(32)33-6-3)18-22(21)29(5-2)24(28)15-14-23-25(31)30(27(34)35-23)17-16-19-10-8-7-9-11-19/h7-15,18H,4-6,16-17H2,1-3H3/b23-14+,24-15+. The van der Waals surface area contributed by atoms with Crippen molar-refractivity contribution in [3.05, 3.63) is 82.5 Å². The molecular formula is C27H29N3O3S2. The summed E-state index contributed by atoms with van der Waals surface area (Å²) in [6.45, 7) is 8.31. The fourth-order valence-electron chi connectivity index (χ4n) is 4.29. The number of carbonyl (C=O) groups is 2. The molecule has 8 heteroatoms. The average Bonchev–Trinajstić information content (AvgIpc) is 3.33. The first kappa shape index (κ1) is 25.0. The Morgan fingerprint density at radius 1 is 0.971 bits per heavy atom. The highest BCUT2D eigenvalue weighted by Gasteiger charge is 2.33. The number of esters is 1. The highest BCUT2D eigenvalue weighted by molar-refractivity contribution is 8.26. The van der Waals surface area contributed by atoms with E-state index in [-0.39, 0.29) is 11.9 Å². The molecule has 0 spiro atoms. The summed E-state index contributed by atoms with van der Waals surface area (Å²) in [5, 5.41) is 0. The molecule has 0 aromatic heterocycles. The van der Waals surface area contributed by atoms with Crippen LogP contribution in [0.1, 0.15) is 36.7 Å².